The van der Waals surface area contributed by atoms with Crippen LogP contribution in [-0.2, 0) is 9.47 Å². The Kier molecular flexibility index (Phi) is 27.5. The maximum absolute atomic E-state index is 5.35. The standard InChI is InChI=1S/2C9H18OS2.H2S2/c2*1-7(2)5-10-9(11)12-6-8(3)4;1-2/h2*7-8H,5-6H2,1-4H3;1-2H. The third kappa shape index (κ3) is 32.8. The van der Waals surface area contributed by atoms with Crippen LogP contribution in [0, 0.1) is 23.7 Å². The molecular formula is C18H38O2S6. The van der Waals surface area contributed by atoms with Gasteiger partial charge in [0.15, 0.2) is 0 Å². The average Bonchev–Trinajstić information content (AvgIpc) is 2.56. The fourth-order valence-corrected chi connectivity index (χ4v) is 2.81. The van der Waals surface area contributed by atoms with E-state index < -0.39 is 0 Å². The zero-order valence-corrected chi connectivity index (χ0v) is 22.5. The predicted octanol–water partition coefficient (Wildman–Crippen LogP) is 7.43. The van der Waals surface area contributed by atoms with Crippen LogP contribution in [0.4, 0.5) is 0 Å². The summed E-state index contributed by atoms with van der Waals surface area (Å²) < 4.78 is 12.1. The van der Waals surface area contributed by atoms with Crippen LogP contribution in [0.1, 0.15) is 55.4 Å². The van der Waals surface area contributed by atoms with E-state index in [1.54, 1.807) is 23.5 Å². The second-order valence-electron chi connectivity index (χ2n) is 7.32. The molecular weight excluding hydrogens is 441 g/mol. The van der Waals surface area contributed by atoms with Gasteiger partial charge in [0.2, 0.25) is 8.77 Å². The zero-order valence-electron chi connectivity index (χ0n) is 17.5. The molecule has 0 rings (SSSR count). The molecule has 8 heteroatoms. The molecule has 0 aromatic heterocycles. The fraction of sp³-hybridized carbons (Fsp3) is 0.889. The smallest absolute Gasteiger partial charge is 0.219 e. The minimum absolute atomic E-state index is 0.558. The van der Waals surface area contributed by atoms with E-state index in [1.807, 2.05) is 0 Å². The van der Waals surface area contributed by atoms with E-state index in [0.717, 1.165) is 24.7 Å². The summed E-state index contributed by atoms with van der Waals surface area (Å²) in [6, 6.07) is 0. The Labute approximate surface area is 192 Å². The minimum Gasteiger partial charge on any atom is -0.478 e. The summed E-state index contributed by atoms with van der Waals surface area (Å²) >= 11 is 19.8. The van der Waals surface area contributed by atoms with Gasteiger partial charge in [-0.2, -0.15) is 0 Å². The highest BCUT2D eigenvalue weighted by molar-refractivity contribution is 8.59. The molecule has 0 amide bonds. The lowest BCUT2D eigenvalue weighted by molar-refractivity contribution is 0.273. The highest BCUT2D eigenvalue weighted by Crippen LogP contribution is 2.12. The Balaban J connectivity index is -0.000000371. The van der Waals surface area contributed by atoms with E-state index in [2.05, 4.69) is 78.7 Å². The van der Waals surface area contributed by atoms with Crippen LogP contribution in [0.2, 0.25) is 0 Å². The van der Waals surface area contributed by atoms with E-state index in [0.29, 0.717) is 32.4 Å². The van der Waals surface area contributed by atoms with Gasteiger partial charge < -0.3 is 9.47 Å². The number of thiol groups is 2. The molecule has 0 unspecified atom stereocenters. The van der Waals surface area contributed by atoms with Crippen LogP contribution in [0.3, 0.4) is 0 Å². The van der Waals surface area contributed by atoms with Gasteiger partial charge in [-0.15, -0.1) is 23.3 Å². The maximum Gasteiger partial charge on any atom is 0.219 e. The lowest BCUT2D eigenvalue weighted by Crippen LogP contribution is -2.06. The Morgan fingerprint density at radius 2 is 0.923 bits per heavy atom. The summed E-state index contributed by atoms with van der Waals surface area (Å²) in [6.07, 6.45) is 0. The molecule has 0 saturated heterocycles. The Hall–Kier alpha value is 1.18. The summed E-state index contributed by atoms with van der Waals surface area (Å²) in [5.41, 5.74) is 0. The summed E-state index contributed by atoms with van der Waals surface area (Å²) in [5, 5.41) is 0. The number of ether oxygens (including phenoxy) is 2. The molecule has 0 aliphatic carbocycles. The number of thioether (sulfide) groups is 2. The fourth-order valence-electron chi connectivity index (χ4n) is 1.02. The SMILES string of the molecule is CC(C)COC(=S)SCC(C)C.CC(C)COC(=S)SCC(C)C.SS. The number of rotatable bonds is 8. The van der Waals surface area contributed by atoms with Gasteiger partial charge in [0, 0.05) is 11.5 Å². The Bertz CT molecular complexity index is 274. The summed E-state index contributed by atoms with van der Waals surface area (Å²) in [7, 11) is 0. The highest BCUT2D eigenvalue weighted by Gasteiger charge is 2.03. The number of hydrogen-bond acceptors (Lipinski definition) is 8. The zero-order chi connectivity index (χ0) is 21.1. The summed E-state index contributed by atoms with van der Waals surface area (Å²) in [6.45, 7) is 18.7. The normalized spacial score (nSPS) is 10.2. The first-order valence-electron chi connectivity index (χ1n) is 8.83. The van der Waals surface area contributed by atoms with Crippen LogP contribution in [0.15, 0.2) is 0 Å². The second-order valence-corrected chi connectivity index (χ2v) is 10.6. The van der Waals surface area contributed by atoms with Crippen molar-refractivity contribution in [3.63, 3.8) is 0 Å². The molecule has 0 heterocycles. The quantitative estimate of drug-likeness (QED) is 0.213. The van der Waals surface area contributed by atoms with Gasteiger partial charge >= 0.3 is 0 Å². The van der Waals surface area contributed by atoms with Gasteiger partial charge in [-0.3, -0.25) is 0 Å². The average molecular weight is 479 g/mol. The Morgan fingerprint density at radius 1 is 0.654 bits per heavy atom. The van der Waals surface area contributed by atoms with E-state index >= 15 is 0 Å². The molecule has 0 aliphatic heterocycles. The first-order chi connectivity index (χ1) is 12.0. The van der Waals surface area contributed by atoms with Crippen molar-refractivity contribution >= 4 is 80.0 Å². The lowest BCUT2D eigenvalue weighted by atomic mass is 10.2. The van der Waals surface area contributed by atoms with Crippen LogP contribution in [0.25, 0.3) is 0 Å². The van der Waals surface area contributed by atoms with E-state index in [1.165, 1.54) is 0 Å². The van der Waals surface area contributed by atoms with Crippen LogP contribution >= 0.6 is 71.3 Å². The van der Waals surface area contributed by atoms with Crippen molar-refractivity contribution in [3.05, 3.63) is 0 Å². The van der Waals surface area contributed by atoms with Crippen molar-refractivity contribution in [1.82, 2.24) is 0 Å². The Morgan fingerprint density at radius 3 is 1.12 bits per heavy atom. The molecule has 0 aromatic rings. The molecule has 158 valence electrons. The van der Waals surface area contributed by atoms with Gasteiger partial charge in [-0.05, 0) is 48.1 Å². The van der Waals surface area contributed by atoms with Crippen molar-refractivity contribution < 1.29 is 9.47 Å². The van der Waals surface area contributed by atoms with E-state index in [4.69, 9.17) is 33.9 Å². The van der Waals surface area contributed by atoms with Gasteiger partial charge in [0.1, 0.15) is 0 Å². The molecule has 26 heavy (non-hydrogen) atoms. The molecule has 0 aromatic carbocycles. The van der Waals surface area contributed by atoms with Crippen LogP contribution in [0.5, 0.6) is 0 Å². The summed E-state index contributed by atoms with van der Waals surface area (Å²) in [4.78, 5) is 0. The predicted molar refractivity (Wildman–Crippen MR) is 139 cm³/mol. The molecule has 0 N–H and O–H groups in total. The number of hydrogen-bond donors (Lipinski definition) is 2. The number of thiocarbonyl (C=S) groups is 2. The summed E-state index contributed by atoms with van der Waals surface area (Å²) in [5.74, 6) is 4.57. The van der Waals surface area contributed by atoms with Crippen LogP contribution in [-0.4, -0.2) is 33.5 Å². The lowest BCUT2D eigenvalue weighted by Gasteiger charge is -2.09. The van der Waals surface area contributed by atoms with E-state index in [-0.39, 0.29) is 0 Å². The van der Waals surface area contributed by atoms with Crippen molar-refractivity contribution in [2.24, 2.45) is 23.7 Å². The van der Waals surface area contributed by atoms with Crippen molar-refractivity contribution in [2.75, 3.05) is 24.7 Å². The van der Waals surface area contributed by atoms with Crippen molar-refractivity contribution in [2.45, 2.75) is 55.4 Å². The molecule has 2 nitrogen and oxygen atoms in total. The van der Waals surface area contributed by atoms with Gasteiger partial charge in [-0.25, -0.2) is 0 Å². The molecule has 0 fully saturated rings. The third-order valence-electron chi connectivity index (χ3n) is 2.14. The first-order valence-corrected chi connectivity index (χ1v) is 13.2. The monoisotopic (exact) mass is 478 g/mol. The molecule has 0 saturated carbocycles. The minimum atomic E-state index is 0.558. The molecule has 0 bridgehead atoms. The topological polar surface area (TPSA) is 18.5 Å². The molecule has 0 radical (unpaired) electrons. The first kappa shape index (κ1) is 31.9. The highest BCUT2D eigenvalue weighted by atomic mass is 33.1. The molecule has 0 spiro atoms. The maximum atomic E-state index is 5.35. The molecule has 0 atom stereocenters. The van der Waals surface area contributed by atoms with Gasteiger partial charge in [-0.1, -0.05) is 78.9 Å². The van der Waals surface area contributed by atoms with Gasteiger partial charge in [0.25, 0.3) is 0 Å². The molecule has 0 aliphatic rings. The van der Waals surface area contributed by atoms with Gasteiger partial charge in [0.05, 0.1) is 13.2 Å². The van der Waals surface area contributed by atoms with Crippen molar-refractivity contribution in [3.8, 4) is 0 Å². The van der Waals surface area contributed by atoms with E-state index in [9.17, 15) is 0 Å². The third-order valence-corrected chi connectivity index (χ3v) is 5.45. The second kappa shape index (κ2) is 22.5. The van der Waals surface area contributed by atoms with Crippen molar-refractivity contribution in [1.29, 1.82) is 0 Å². The largest absolute Gasteiger partial charge is 0.478 e. The van der Waals surface area contributed by atoms with Crippen LogP contribution < -0.4 is 0 Å².